The smallest absolute Gasteiger partial charge is 0.256 e. The van der Waals surface area contributed by atoms with Crippen molar-refractivity contribution in [2.24, 2.45) is 7.05 Å². The summed E-state index contributed by atoms with van der Waals surface area (Å²) in [7, 11) is 1.90. The van der Waals surface area contributed by atoms with Gasteiger partial charge in [-0.1, -0.05) is 18.2 Å². The summed E-state index contributed by atoms with van der Waals surface area (Å²) in [5.74, 6) is -0.0957. The number of aromatic amines is 1. The summed E-state index contributed by atoms with van der Waals surface area (Å²) >= 11 is 0. The summed E-state index contributed by atoms with van der Waals surface area (Å²) in [6.07, 6.45) is 8.11. The maximum atomic E-state index is 12.4. The van der Waals surface area contributed by atoms with E-state index in [0.717, 1.165) is 17.6 Å². The molecule has 0 unspecified atom stereocenters. The van der Waals surface area contributed by atoms with Crippen molar-refractivity contribution < 1.29 is 4.79 Å². The van der Waals surface area contributed by atoms with E-state index in [1.165, 1.54) is 10.9 Å². The van der Waals surface area contributed by atoms with Crippen molar-refractivity contribution in [1.82, 2.24) is 24.5 Å². The number of rotatable bonds is 4. The van der Waals surface area contributed by atoms with E-state index in [1.54, 1.807) is 10.7 Å². The zero-order valence-corrected chi connectivity index (χ0v) is 12.8. The maximum absolute atomic E-state index is 12.4. The summed E-state index contributed by atoms with van der Waals surface area (Å²) in [4.78, 5) is 15.6. The highest BCUT2D eigenvalue weighted by molar-refractivity contribution is 5.99. The van der Waals surface area contributed by atoms with E-state index in [0.29, 0.717) is 12.1 Å². The van der Waals surface area contributed by atoms with Crippen LogP contribution in [0.2, 0.25) is 0 Å². The lowest BCUT2D eigenvalue weighted by molar-refractivity contribution is 0.0955. The number of fused-ring (bicyclic) bond motifs is 2. The third kappa shape index (κ3) is 2.28. The van der Waals surface area contributed by atoms with Gasteiger partial charge >= 0.3 is 0 Å². The van der Waals surface area contributed by atoms with E-state index in [9.17, 15) is 4.79 Å². The number of carbonyl (C=O) groups is 1. The number of hydrogen-bond acceptors (Lipinski definition) is 2. The first-order valence-electron chi connectivity index (χ1n) is 7.56. The number of benzene rings is 1. The van der Waals surface area contributed by atoms with Crippen LogP contribution in [-0.4, -0.2) is 31.6 Å². The largest absolute Gasteiger partial charge is 0.361 e. The van der Waals surface area contributed by atoms with E-state index in [-0.39, 0.29) is 5.91 Å². The maximum Gasteiger partial charge on any atom is 0.256 e. The Balaban J connectivity index is 1.47. The topological polar surface area (TPSA) is 67.1 Å². The van der Waals surface area contributed by atoms with E-state index < -0.39 is 0 Å². The molecule has 0 aliphatic heterocycles. The third-order valence-corrected chi connectivity index (χ3v) is 4.13. The second-order valence-electron chi connectivity index (χ2n) is 5.60. The Morgan fingerprint density at radius 2 is 2.17 bits per heavy atom. The SMILES string of the molecule is Cn1ccn2ncc(C(=O)NCCc3c[nH]c4ccccc34)c12. The van der Waals surface area contributed by atoms with Crippen LogP contribution in [0.4, 0.5) is 0 Å². The monoisotopic (exact) mass is 307 g/mol. The van der Waals surface area contributed by atoms with E-state index in [4.69, 9.17) is 0 Å². The molecule has 0 fully saturated rings. The number of aryl methyl sites for hydroxylation is 1. The molecule has 0 aliphatic carbocycles. The first kappa shape index (κ1) is 13.6. The Bertz CT molecular complexity index is 991. The lowest BCUT2D eigenvalue weighted by Gasteiger charge is -2.04. The molecule has 0 aliphatic rings. The molecule has 0 saturated heterocycles. The van der Waals surface area contributed by atoms with Crippen molar-refractivity contribution in [3.63, 3.8) is 0 Å². The number of nitrogens with zero attached hydrogens (tertiary/aromatic N) is 3. The highest BCUT2D eigenvalue weighted by Gasteiger charge is 2.14. The summed E-state index contributed by atoms with van der Waals surface area (Å²) in [6.45, 7) is 0.586. The molecule has 0 spiro atoms. The number of aromatic nitrogens is 4. The minimum atomic E-state index is -0.0957. The highest BCUT2D eigenvalue weighted by atomic mass is 16.1. The van der Waals surface area contributed by atoms with Crippen LogP contribution in [0.15, 0.2) is 49.1 Å². The molecule has 6 heteroatoms. The van der Waals surface area contributed by atoms with E-state index in [2.05, 4.69) is 27.5 Å². The fourth-order valence-electron chi connectivity index (χ4n) is 2.95. The zero-order chi connectivity index (χ0) is 15.8. The molecule has 4 rings (SSSR count). The minimum Gasteiger partial charge on any atom is -0.361 e. The van der Waals surface area contributed by atoms with E-state index in [1.807, 2.05) is 42.3 Å². The number of amides is 1. The molecule has 4 aromatic rings. The predicted octanol–water partition coefficient (Wildman–Crippen LogP) is 2.13. The number of para-hydroxylation sites is 1. The van der Waals surface area contributed by atoms with Gasteiger partial charge in [-0.2, -0.15) is 5.10 Å². The van der Waals surface area contributed by atoms with Crippen LogP contribution in [0.3, 0.4) is 0 Å². The lowest BCUT2D eigenvalue weighted by atomic mass is 10.1. The first-order chi connectivity index (χ1) is 11.2. The molecule has 1 amide bonds. The number of H-pyrrole nitrogens is 1. The average molecular weight is 307 g/mol. The summed E-state index contributed by atoms with van der Waals surface area (Å²) in [5, 5.41) is 8.37. The van der Waals surface area contributed by atoms with Crippen LogP contribution in [0, 0.1) is 0 Å². The van der Waals surface area contributed by atoms with Crippen LogP contribution in [-0.2, 0) is 13.5 Å². The third-order valence-electron chi connectivity index (χ3n) is 4.13. The summed E-state index contributed by atoms with van der Waals surface area (Å²) in [5.41, 5.74) is 3.72. The molecule has 116 valence electrons. The molecule has 23 heavy (non-hydrogen) atoms. The van der Waals surface area contributed by atoms with Crippen LogP contribution in [0.5, 0.6) is 0 Å². The molecular weight excluding hydrogens is 290 g/mol. The van der Waals surface area contributed by atoms with Gasteiger partial charge < -0.3 is 14.9 Å². The van der Waals surface area contributed by atoms with Crippen molar-refractivity contribution in [3.05, 3.63) is 60.2 Å². The van der Waals surface area contributed by atoms with Crippen LogP contribution < -0.4 is 5.32 Å². The van der Waals surface area contributed by atoms with Gasteiger partial charge in [0.05, 0.1) is 6.20 Å². The van der Waals surface area contributed by atoms with Crippen molar-refractivity contribution in [1.29, 1.82) is 0 Å². The molecule has 3 heterocycles. The average Bonchev–Trinajstić information content (AvgIpc) is 3.24. The molecule has 6 nitrogen and oxygen atoms in total. The fourth-order valence-corrected chi connectivity index (χ4v) is 2.95. The number of nitrogens with one attached hydrogen (secondary N) is 2. The second kappa shape index (κ2) is 5.31. The van der Waals surface area contributed by atoms with Crippen molar-refractivity contribution in [3.8, 4) is 0 Å². The molecule has 1 aromatic carbocycles. The number of imidazole rings is 1. The van der Waals surface area contributed by atoms with Gasteiger partial charge in [0.1, 0.15) is 11.2 Å². The standard InChI is InChI=1S/C17H17N5O/c1-21-8-9-22-17(21)14(11-20-22)16(23)18-7-6-12-10-19-15-5-3-2-4-13(12)15/h2-5,8-11,19H,6-7H2,1H3,(H,18,23). The molecular formula is C17H17N5O. The molecule has 0 saturated carbocycles. The van der Waals surface area contributed by atoms with Crippen molar-refractivity contribution in [2.75, 3.05) is 6.54 Å². The molecule has 0 atom stereocenters. The molecule has 2 N–H and O–H groups in total. The molecule has 0 radical (unpaired) electrons. The van der Waals surface area contributed by atoms with Gasteiger partial charge in [-0.05, 0) is 18.1 Å². The van der Waals surface area contributed by atoms with Gasteiger partial charge in [0.2, 0.25) is 0 Å². The van der Waals surface area contributed by atoms with Gasteiger partial charge in [0.15, 0.2) is 0 Å². The summed E-state index contributed by atoms with van der Waals surface area (Å²) in [6, 6.07) is 8.18. The van der Waals surface area contributed by atoms with Crippen LogP contribution in [0.25, 0.3) is 16.6 Å². The Kier molecular flexibility index (Phi) is 3.15. The highest BCUT2D eigenvalue weighted by Crippen LogP contribution is 2.17. The molecule has 0 bridgehead atoms. The Hall–Kier alpha value is -3.02. The van der Waals surface area contributed by atoms with Crippen molar-refractivity contribution in [2.45, 2.75) is 6.42 Å². The Morgan fingerprint density at radius 1 is 1.30 bits per heavy atom. The van der Waals surface area contributed by atoms with Gasteiger partial charge in [0.25, 0.3) is 5.91 Å². The van der Waals surface area contributed by atoms with E-state index >= 15 is 0 Å². The van der Waals surface area contributed by atoms with Gasteiger partial charge in [-0.3, -0.25) is 4.79 Å². The normalized spacial score (nSPS) is 11.3. The fraction of sp³-hybridized carbons (Fsp3) is 0.176. The molecule has 3 aromatic heterocycles. The minimum absolute atomic E-state index is 0.0957. The lowest BCUT2D eigenvalue weighted by Crippen LogP contribution is -2.25. The summed E-state index contributed by atoms with van der Waals surface area (Å²) < 4.78 is 3.59. The number of hydrogen-bond donors (Lipinski definition) is 2. The zero-order valence-electron chi connectivity index (χ0n) is 12.8. The second-order valence-corrected chi connectivity index (χ2v) is 5.60. The first-order valence-corrected chi connectivity index (χ1v) is 7.56. The van der Waals surface area contributed by atoms with Gasteiger partial charge in [0, 0.05) is 43.1 Å². The van der Waals surface area contributed by atoms with Gasteiger partial charge in [-0.15, -0.1) is 0 Å². The van der Waals surface area contributed by atoms with Gasteiger partial charge in [-0.25, -0.2) is 4.52 Å². The number of carbonyl (C=O) groups excluding carboxylic acids is 1. The predicted molar refractivity (Wildman–Crippen MR) is 88.5 cm³/mol. The Labute approximate surface area is 132 Å². The van der Waals surface area contributed by atoms with Crippen molar-refractivity contribution >= 4 is 22.5 Å². The Morgan fingerprint density at radius 3 is 3.09 bits per heavy atom. The van der Waals surface area contributed by atoms with Crippen LogP contribution >= 0.6 is 0 Å². The van der Waals surface area contributed by atoms with Crippen LogP contribution in [0.1, 0.15) is 15.9 Å². The quantitative estimate of drug-likeness (QED) is 0.606.